The fourth-order valence-corrected chi connectivity index (χ4v) is 5.44. The van der Waals surface area contributed by atoms with Gasteiger partial charge in [-0.1, -0.05) is 30.3 Å². The maximum atomic E-state index is 12.7. The Hall–Kier alpha value is -3.12. The van der Waals surface area contributed by atoms with Crippen molar-refractivity contribution in [2.45, 2.75) is 32.0 Å². The number of thiazole rings is 1. The quantitative estimate of drug-likeness (QED) is 0.437. The largest absolute Gasteiger partial charge is 0.573 e. The third kappa shape index (κ3) is 7.73. The number of halogens is 3. The molecule has 2 aromatic carbocycles. The smallest absolute Gasteiger partial charge is 0.406 e. The van der Waals surface area contributed by atoms with Crippen LogP contribution in [-0.2, 0) is 27.1 Å². The first-order valence-corrected chi connectivity index (χ1v) is 12.6. The molecule has 0 atom stereocenters. The maximum absolute atomic E-state index is 12.7. The molecule has 0 fully saturated rings. The molecule has 0 saturated carbocycles. The predicted octanol–water partition coefficient (Wildman–Crippen LogP) is 4.07. The van der Waals surface area contributed by atoms with Gasteiger partial charge in [0.05, 0.1) is 11.4 Å². The average Bonchev–Trinajstić information content (AvgIpc) is 3.12. The van der Waals surface area contributed by atoms with Gasteiger partial charge >= 0.3 is 6.36 Å². The molecule has 12 heteroatoms. The van der Waals surface area contributed by atoms with Gasteiger partial charge in [-0.05, 0) is 41.8 Å². The van der Waals surface area contributed by atoms with E-state index in [-0.39, 0.29) is 22.2 Å². The predicted molar refractivity (Wildman–Crippen MR) is 122 cm³/mol. The Kier molecular flexibility index (Phi) is 8.15. The molecule has 34 heavy (non-hydrogen) atoms. The van der Waals surface area contributed by atoms with Crippen LogP contribution in [-0.4, -0.2) is 31.8 Å². The number of ether oxygens (including phenoxy) is 1. The van der Waals surface area contributed by atoms with Gasteiger partial charge in [-0.25, -0.2) is 8.42 Å². The average molecular weight is 514 g/mol. The van der Waals surface area contributed by atoms with Crippen molar-refractivity contribution in [3.05, 3.63) is 70.3 Å². The van der Waals surface area contributed by atoms with Gasteiger partial charge in [-0.2, -0.15) is 0 Å². The highest BCUT2D eigenvalue weighted by Gasteiger charge is 2.31. The van der Waals surface area contributed by atoms with Crippen molar-refractivity contribution in [3.63, 3.8) is 0 Å². The molecule has 1 aromatic heterocycles. The number of carbonyl (C=O) groups is 1. The summed E-state index contributed by atoms with van der Waals surface area (Å²) < 4.78 is 72.4. The van der Waals surface area contributed by atoms with E-state index in [1.54, 1.807) is 40.3 Å². The van der Waals surface area contributed by atoms with Gasteiger partial charge in [0, 0.05) is 25.4 Å². The first-order valence-electron chi connectivity index (χ1n) is 10.1. The van der Waals surface area contributed by atoms with E-state index in [0.29, 0.717) is 36.3 Å². The third-order valence-corrected chi connectivity index (χ3v) is 6.65. The molecule has 3 rings (SSSR count). The molecule has 1 heterocycles. The van der Waals surface area contributed by atoms with Gasteiger partial charge in [-0.3, -0.25) is 4.79 Å². The van der Waals surface area contributed by atoms with Crippen LogP contribution in [0, 0.1) is 0 Å². The summed E-state index contributed by atoms with van der Waals surface area (Å²) in [5.74, 6) is -0.818. The van der Waals surface area contributed by atoms with Crippen molar-refractivity contribution in [1.82, 2.24) is 9.88 Å². The van der Waals surface area contributed by atoms with Gasteiger partial charge in [0.2, 0.25) is 10.7 Å². The molecular formula is C22H22F3N3O4S2. The molecule has 1 N–H and O–H groups in total. The number of sulfonamides is 1. The number of carbonyl (C=O) groups excluding carboxylic acids is 1. The Morgan fingerprint density at radius 2 is 1.79 bits per heavy atom. The minimum absolute atomic E-state index is 0.189. The number of aromatic nitrogens is 1. The molecule has 182 valence electrons. The van der Waals surface area contributed by atoms with Gasteiger partial charge in [0.15, 0.2) is 0 Å². The summed E-state index contributed by atoms with van der Waals surface area (Å²) in [5.41, 5.74) is 1.74. The van der Waals surface area contributed by atoms with E-state index in [0.717, 1.165) is 11.3 Å². The van der Waals surface area contributed by atoms with Crippen molar-refractivity contribution < 1.29 is 31.1 Å². The third-order valence-electron chi connectivity index (χ3n) is 4.52. The fourth-order valence-electron chi connectivity index (χ4n) is 3.11. The first-order chi connectivity index (χ1) is 16.0. The molecule has 3 aromatic rings. The van der Waals surface area contributed by atoms with E-state index in [4.69, 9.17) is 0 Å². The minimum Gasteiger partial charge on any atom is -0.406 e. The zero-order valence-electron chi connectivity index (χ0n) is 18.1. The standard InChI is InChI=1S/C22H22F3N3O4S2/c1-16(29)26-12-5-13-28-20(18-8-10-19(11-9-18)32-22(23,24)25)14-33-21(28)27-34(30,31)15-17-6-3-2-4-7-17/h2-4,6-11,14H,5,12-13,15H2,1H3,(H,26,29). The zero-order chi connectivity index (χ0) is 24.8. The summed E-state index contributed by atoms with van der Waals surface area (Å²) in [6.45, 7) is 2.09. The topological polar surface area (TPSA) is 89.8 Å². The van der Waals surface area contributed by atoms with Gasteiger partial charge in [0.25, 0.3) is 10.0 Å². The van der Waals surface area contributed by atoms with Gasteiger partial charge < -0.3 is 14.6 Å². The summed E-state index contributed by atoms with van der Waals surface area (Å²) in [5, 5.41) is 4.37. The van der Waals surface area contributed by atoms with E-state index in [2.05, 4.69) is 14.5 Å². The Labute approximate surface area is 198 Å². The highest BCUT2D eigenvalue weighted by molar-refractivity contribution is 7.89. The number of nitrogens with one attached hydrogen (secondary N) is 1. The number of benzene rings is 2. The van der Waals surface area contributed by atoms with Crippen molar-refractivity contribution in [2.75, 3.05) is 6.54 Å². The monoisotopic (exact) mass is 513 g/mol. The molecule has 0 bridgehead atoms. The molecule has 0 aliphatic heterocycles. The molecule has 0 aliphatic carbocycles. The molecule has 0 unspecified atom stereocenters. The molecule has 1 amide bonds. The van der Waals surface area contributed by atoms with E-state index in [1.165, 1.54) is 31.2 Å². The van der Waals surface area contributed by atoms with Crippen LogP contribution < -0.4 is 14.9 Å². The second kappa shape index (κ2) is 10.9. The summed E-state index contributed by atoms with van der Waals surface area (Å²) in [7, 11) is -3.85. The van der Waals surface area contributed by atoms with Crippen LogP contribution in [0.4, 0.5) is 13.2 Å². The lowest BCUT2D eigenvalue weighted by Gasteiger charge is -2.11. The molecule has 7 nitrogen and oxygen atoms in total. The first kappa shape index (κ1) is 25.5. The van der Waals surface area contributed by atoms with Crippen LogP contribution in [0.3, 0.4) is 0 Å². The number of rotatable bonds is 9. The van der Waals surface area contributed by atoms with Crippen LogP contribution in [0.15, 0.2) is 64.4 Å². The van der Waals surface area contributed by atoms with Gasteiger partial charge in [-0.15, -0.1) is 28.9 Å². The van der Waals surface area contributed by atoms with Gasteiger partial charge in [0.1, 0.15) is 5.75 Å². The molecule has 0 radical (unpaired) electrons. The molecular weight excluding hydrogens is 491 g/mol. The van der Waals surface area contributed by atoms with Crippen molar-refractivity contribution in [2.24, 2.45) is 4.40 Å². The lowest BCUT2D eigenvalue weighted by Crippen LogP contribution is -2.24. The fraction of sp³-hybridized carbons (Fsp3) is 0.273. The van der Waals surface area contributed by atoms with Crippen LogP contribution in [0.25, 0.3) is 11.3 Å². The number of nitrogens with zero attached hydrogens (tertiary/aromatic N) is 2. The van der Waals surface area contributed by atoms with E-state index < -0.39 is 16.4 Å². The summed E-state index contributed by atoms with van der Waals surface area (Å²) in [6, 6.07) is 13.9. The highest BCUT2D eigenvalue weighted by Crippen LogP contribution is 2.27. The van der Waals surface area contributed by atoms with Crippen LogP contribution in [0.1, 0.15) is 18.9 Å². The van der Waals surface area contributed by atoms with E-state index >= 15 is 0 Å². The molecule has 0 saturated heterocycles. The van der Waals surface area contributed by atoms with E-state index in [9.17, 15) is 26.4 Å². The Morgan fingerprint density at radius 1 is 1.12 bits per heavy atom. The minimum atomic E-state index is -4.80. The second-order valence-electron chi connectivity index (χ2n) is 7.27. The zero-order valence-corrected chi connectivity index (χ0v) is 19.7. The van der Waals surface area contributed by atoms with Crippen molar-refractivity contribution >= 4 is 27.3 Å². The molecule has 0 spiro atoms. The van der Waals surface area contributed by atoms with Crippen LogP contribution >= 0.6 is 11.3 Å². The number of hydrogen-bond donors (Lipinski definition) is 1. The van der Waals surface area contributed by atoms with Crippen molar-refractivity contribution in [1.29, 1.82) is 0 Å². The summed E-state index contributed by atoms with van der Waals surface area (Å²) in [6.07, 6.45) is -4.31. The van der Waals surface area contributed by atoms with Crippen LogP contribution in [0.2, 0.25) is 0 Å². The normalized spacial score (nSPS) is 12.5. The second-order valence-corrected chi connectivity index (χ2v) is 9.74. The summed E-state index contributed by atoms with van der Waals surface area (Å²) >= 11 is 1.11. The highest BCUT2D eigenvalue weighted by atomic mass is 32.2. The lowest BCUT2D eigenvalue weighted by molar-refractivity contribution is -0.274. The van der Waals surface area contributed by atoms with Crippen molar-refractivity contribution in [3.8, 4) is 17.0 Å². The maximum Gasteiger partial charge on any atom is 0.573 e. The number of alkyl halides is 3. The lowest BCUT2D eigenvalue weighted by atomic mass is 10.1. The number of hydrogen-bond acceptors (Lipinski definition) is 5. The van der Waals surface area contributed by atoms with Crippen LogP contribution in [0.5, 0.6) is 5.75 Å². The Morgan fingerprint density at radius 3 is 2.41 bits per heavy atom. The molecule has 0 aliphatic rings. The summed E-state index contributed by atoms with van der Waals surface area (Å²) in [4.78, 5) is 11.4. The Bertz CT molecular complexity index is 1280. The Balaban J connectivity index is 1.93. The SMILES string of the molecule is CC(=O)NCCCn1c(-c2ccc(OC(F)(F)F)cc2)csc1=NS(=O)(=O)Cc1ccccc1. The number of amides is 1. The van der Waals surface area contributed by atoms with E-state index in [1.807, 2.05) is 0 Å².